The first-order chi connectivity index (χ1) is 37.1. The van der Waals surface area contributed by atoms with Crippen LogP contribution in [0.3, 0.4) is 0 Å². The molecule has 9 aromatic rings. The van der Waals surface area contributed by atoms with Gasteiger partial charge in [0, 0.05) is 39.6 Å². The SMILES string of the molecule is C=CC(=O)OCCCCCCOc1ccc2cc(-c3ccc(-c4ccc(-c5ccc(-c6ccc(CCCCC)cc6)cc5F)c(F)c4F)c(/C=N/N/C(=C/c4c5ccccc5cc5ccccc45)CC)c3F)ccc2c1. The fourth-order valence-electron chi connectivity index (χ4n) is 9.73. The summed E-state index contributed by atoms with van der Waals surface area (Å²) in [5, 5.41) is 10.6. The van der Waals surface area contributed by atoms with Crippen molar-refractivity contribution >= 4 is 50.6 Å². The van der Waals surface area contributed by atoms with E-state index in [1.807, 2.05) is 97.9 Å². The monoisotopic (exact) mass is 1020 g/mol. The molecule has 0 atom stereocenters. The Morgan fingerprint density at radius 1 is 0.553 bits per heavy atom. The standard InChI is InChI=1S/C67H60F4N2O3/c1-4-7-10-17-44-22-24-45(25-23-44)48-29-31-58(63(68)41-48)60-35-34-59(66(70)67(60)71)57-33-32-56(51-27-26-47-40-53(30-28-46(47)38-51)75-36-15-8-9-16-37-76-64(74)6-3)65(69)62(57)43-72-73-52(5-2)42-61-54-20-13-11-18-49(54)39-50-19-12-14-21-55(50)61/h6,11-14,18-35,38-43,73H,3-5,7-10,15-17,36-37H2,1-2H3/b52-42+,72-43+. The predicted octanol–water partition coefficient (Wildman–Crippen LogP) is 18.1. The number of benzene rings is 9. The zero-order valence-electron chi connectivity index (χ0n) is 42.9. The zero-order chi connectivity index (χ0) is 53.0. The summed E-state index contributed by atoms with van der Waals surface area (Å²) in [7, 11) is 0. The van der Waals surface area contributed by atoms with E-state index in [0.29, 0.717) is 36.5 Å². The van der Waals surface area contributed by atoms with Gasteiger partial charge >= 0.3 is 5.97 Å². The van der Waals surface area contributed by atoms with Crippen LogP contribution in [0.2, 0.25) is 0 Å². The van der Waals surface area contributed by atoms with Gasteiger partial charge in [-0.15, -0.1) is 0 Å². The molecule has 0 aliphatic heterocycles. The number of nitrogens with one attached hydrogen (secondary N) is 1. The van der Waals surface area contributed by atoms with Crippen LogP contribution in [0.25, 0.3) is 82.9 Å². The van der Waals surface area contributed by atoms with Crippen LogP contribution < -0.4 is 10.2 Å². The largest absolute Gasteiger partial charge is 0.494 e. The second-order valence-electron chi connectivity index (χ2n) is 19.0. The van der Waals surface area contributed by atoms with E-state index >= 15 is 17.6 Å². The van der Waals surface area contributed by atoms with Gasteiger partial charge in [-0.1, -0.05) is 161 Å². The van der Waals surface area contributed by atoms with E-state index in [-0.39, 0.29) is 33.4 Å². The third-order valence-corrected chi connectivity index (χ3v) is 13.9. The first-order valence-corrected chi connectivity index (χ1v) is 26.2. The van der Waals surface area contributed by atoms with Gasteiger partial charge in [0.2, 0.25) is 0 Å². The number of allylic oxidation sites excluding steroid dienone is 1. The molecule has 0 fully saturated rings. The number of aryl methyl sites for hydroxylation is 1. The van der Waals surface area contributed by atoms with Crippen molar-refractivity contribution in [3.05, 3.63) is 216 Å². The van der Waals surface area contributed by atoms with Crippen molar-refractivity contribution in [2.75, 3.05) is 13.2 Å². The van der Waals surface area contributed by atoms with Gasteiger partial charge in [-0.25, -0.2) is 22.4 Å². The van der Waals surface area contributed by atoms with Gasteiger partial charge in [0.05, 0.1) is 19.4 Å². The Bertz CT molecular complexity index is 3570. The van der Waals surface area contributed by atoms with Crippen molar-refractivity contribution in [2.45, 2.75) is 71.6 Å². The van der Waals surface area contributed by atoms with Crippen LogP contribution in [0.5, 0.6) is 5.75 Å². The highest BCUT2D eigenvalue weighted by Gasteiger charge is 2.23. The second-order valence-corrected chi connectivity index (χ2v) is 19.0. The fourth-order valence-corrected chi connectivity index (χ4v) is 9.73. The molecule has 9 heteroatoms. The Morgan fingerprint density at radius 2 is 1.17 bits per heavy atom. The Hall–Kier alpha value is -8.30. The highest BCUT2D eigenvalue weighted by molar-refractivity contribution is 6.07. The number of rotatable bonds is 22. The van der Waals surface area contributed by atoms with Crippen LogP contribution >= 0.6 is 0 Å². The number of carbonyl (C=O) groups excluding carboxylic acids is 1. The molecule has 76 heavy (non-hydrogen) atoms. The van der Waals surface area contributed by atoms with E-state index in [2.05, 4.69) is 54.4 Å². The van der Waals surface area contributed by atoms with Gasteiger partial charge in [0.1, 0.15) is 17.4 Å². The maximum Gasteiger partial charge on any atom is 0.330 e. The minimum absolute atomic E-state index is 0.0597. The summed E-state index contributed by atoms with van der Waals surface area (Å²) >= 11 is 0. The summed E-state index contributed by atoms with van der Waals surface area (Å²) in [5.41, 5.74) is 7.74. The number of carbonyl (C=O) groups is 1. The van der Waals surface area contributed by atoms with Gasteiger partial charge in [-0.05, 0) is 147 Å². The molecule has 1 N–H and O–H groups in total. The van der Waals surface area contributed by atoms with Crippen molar-refractivity contribution in [2.24, 2.45) is 5.10 Å². The van der Waals surface area contributed by atoms with Gasteiger partial charge < -0.3 is 9.47 Å². The Kier molecular flexibility index (Phi) is 17.2. The maximum atomic E-state index is 17.4. The summed E-state index contributed by atoms with van der Waals surface area (Å²) in [6.45, 7) is 8.45. The molecule has 0 radical (unpaired) electrons. The number of hydrogen-bond donors (Lipinski definition) is 1. The molecule has 0 spiro atoms. The molecule has 0 aliphatic carbocycles. The van der Waals surface area contributed by atoms with E-state index < -0.39 is 29.2 Å². The second kappa shape index (κ2) is 24.8. The van der Waals surface area contributed by atoms with E-state index in [0.717, 1.165) is 107 Å². The lowest BCUT2D eigenvalue weighted by molar-refractivity contribution is -0.137. The number of unbranched alkanes of at least 4 members (excludes halogenated alkanes) is 5. The summed E-state index contributed by atoms with van der Waals surface area (Å²) in [5.74, 6) is -3.61. The summed E-state index contributed by atoms with van der Waals surface area (Å²) in [6.07, 6.45) is 12.8. The molecular weight excluding hydrogens is 957 g/mol. The van der Waals surface area contributed by atoms with Crippen LogP contribution in [0.15, 0.2) is 181 Å². The van der Waals surface area contributed by atoms with Crippen molar-refractivity contribution in [3.8, 4) is 50.3 Å². The summed E-state index contributed by atoms with van der Waals surface area (Å²) in [6, 6.07) is 48.1. The first-order valence-electron chi connectivity index (χ1n) is 26.2. The van der Waals surface area contributed by atoms with Crippen LogP contribution in [-0.2, 0) is 16.0 Å². The highest BCUT2D eigenvalue weighted by atomic mass is 19.2. The lowest BCUT2D eigenvalue weighted by Crippen LogP contribution is -2.07. The van der Waals surface area contributed by atoms with E-state index in [9.17, 15) is 4.79 Å². The van der Waals surface area contributed by atoms with Gasteiger partial charge in [0.25, 0.3) is 0 Å². The first kappa shape index (κ1) is 52.6. The molecule has 9 rings (SSSR count). The van der Waals surface area contributed by atoms with Crippen LogP contribution in [0.4, 0.5) is 17.6 Å². The number of ether oxygens (including phenoxy) is 2. The summed E-state index contributed by atoms with van der Waals surface area (Å²) < 4.78 is 77.6. The van der Waals surface area contributed by atoms with E-state index in [4.69, 9.17) is 9.47 Å². The lowest BCUT2D eigenvalue weighted by Gasteiger charge is -2.15. The predicted molar refractivity (Wildman–Crippen MR) is 304 cm³/mol. The van der Waals surface area contributed by atoms with Crippen molar-refractivity contribution in [3.63, 3.8) is 0 Å². The third-order valence-electron chi connectivity index (χ3n) is 13.9. The molecule has 5 nitrogen and oxygen atoms in total. The normalized spacial score (nSPS) is 11.7. The number of fused-ring (bicyclic) bond motifs is 3. The zero-order valence-corrected chi connectivity index (χ0v) is 42.9. The average molecular weight is 1020 g/mol. The maximum absolute atomic E-state index is 17.4. The van der Waals surface area contributed by atoms with Crippen molar-refractivity contribution < 1.29 is 31.8 Å². The Balaban J connectivity index is 1.02. The average Bonchev–Trinajstić information content (AvgIpc) is 3.49. The van der Waals surface area contributed by atoms with E-state index in [1.54, 1.807) is 18.2 Å². The van der Waals surface area contributed by atoms with Gasteiger partial charge in [-0.3, -0.25) is 5.43 Å². The number of hydrogen-bond acceptors (Lipinski definition) is 5. The Labute approximate surface area is 442 Å². The molecule has 0 saturated heterocycles. The Morgan fingerprint density at radius 3 is 1.87 bits per heavy atom. The number of hydrazone groups is 1. The molecule has 0 amide bonds. The third kappa shape index (κ3) is 12.1. The number of nitrogens with zero attached hydrogens (tertiary/aromatic N) is 1. The van der Waals surface area contributed by atoms with Crippen molar-refractivity contribution in [1.29, 1.82) is 0 Å². The van der Waals surface area contributed by atoms with Gasteiger partial charge in [0.15, 0.2) is 11.6 Å². The minimum atomic E-state index is -1.26. The van der Waals surface area contributed by atoms with Gasteiger partial charge in [-0.2, -0.15) is 5.10 Å². The molecule has 0 unspecified atom stereocenters. The highest BCUT2D eigenvalue weighted by Crippen LogP contribution is 2.39. The van der Waals surface area contributed by atoms with E-state index in [1.165, 1.54) is 36.0 Å². The van der Waals surface area contributed by atoms with Crippen LogP contribution in [-0.4, -0.2) is 25.4 Å². The quantitative estimate of drug-likeness (QED) is 0.0140. The molecule has 9 aromatic carbocycles. The molecule has 0 saturated carbocycles. The van der Waals surface area contributed by atoms with Crippen LogP contribution in [0.1, 0.15) is 81.9 Å². The number of halogens is 4. The molecule has 384 valence electrons. The lowest BCUT2D eigenvalue weighted by atomic mass is 9.91. The fraction of sp³-hybridized carbons (Fsp3) is 0.194. The summed E-state index contributed by atoms with van der Waals surface area (Å²) in [4.78, 5) is 11.2. The number of esters is 1. The molecular formula is C67H60F4N2O3. The van der Waals surface area contributed by atoms with Crippen LogP contribution in [0, 0.1) is 23.3 Å². The topological polar surface area (TPSA) is 59.9 Å². The minimum Gasteiger partial charge on any atom is -0.494 e. The molecule has 0 aromatic heterocycles. The molecule has 0 aliphatic rings. The van der Waals surface area contributed by atoms with Crippen molar-refractivity contribution in [1.82, 2.24) is 5.43 Å². The molecule has 0 bridgehead atoms. The smallest absolute Gasteiger partial charge is 0.330 e. The molecule has 0 heterocycles.